The van der Waals surface area contributed by atoms with Crippen LogP contribution in [0.4, 0.5) is 5.00 Å². The molecular weight excluding hydrogens is 442 g/mol. The predicted octanol–water partition coefficient (Wildman–Crippen LogP) is 4.66. The van der Waals surface area contributed by atoms with Crippen LogP contribution in [0.2, 0.25) is 0 Å². The van der Waals surface area contributed by atoms with Gasteiger partial charge in [0.15, 0.2) is 5.16 Å². The third kappa shape index (κ3) is 4.87. The van der Waals surface area contributed by atoms with Gasteiger partial charge < -0.3 is 14.6 Å². The Kier molecular flexibility index (Phi) is 6.81. The predicted molar refractivity (Wildman–Crippen MR) is 125 cm³/mol. The molecule has 0 radical (unpaired) electrons. The zero-order valence-corrected chi connectivity index (χ0v) is 19.9. The molecular formula is C23H29N5O2S2. The molecule has 1 aliphatic heterocycles. The van der Waals surface area contributed by atoms with Crippen LogP contribution < -0.4 is 5.32 Å². The molecule has 2 fully saturated rings. The van der Waals surface area contributed by atoms with Gasteiger partial charge in [-0.05, 0) is 56.9 Å². The summed E-state index contributed by atoms with van der Waals surface area (Å²) in [4.78, 5) is 14.1. The van der Waals surface area contributed by atoms with Crippen molar-refractivity contribution in [3.05, 3.63) is 21.8 Å². The average molecular weight is 472 g/mol. The molecule has 32 heavy (non-hydrogen) atoms. The molecule has 1 N–H and O–H groups in total. The standard InChI is InChI=1S/C23H29N5O2S2/c24-12-18-17-7-3-1-2-4-8-19(17)32-22(18)25-20(29)14-31-23-27-26-21(15-9-10-15)28(23)13-16-6-5-11-30-16/h15-16H,1-11,13-14H2,(H,25,29). The highest BCUT2D eigenvalue weighted by atomic mass is 32.2. The minimum Gasteiger partial charge on any atom is -0.376 e. The van der Waals surface area contributed by atoms with E-state index in [1.165, 1.54) is 29.5 Å². The molecule has 1 atom stereocenters. The van der Waals surface area contributed by atoms with Crippen LogP contribution in [0, 0.1) is 11.3 Å². The molecule has 7 nitrogen and oxygen atoms in total. The number of amides is 1. The third-order valence-corrected chi connectivity index (χ3v) is 8.64. The molecule has 0 spiro atoms. The van der Waals surface area contributed by atoms with Gasteiger partial charge in [-0.25, -0.2) is 0 Å². The second-order valence-electron chi connectivity index (χ2n) is 8.93. The van der Waals surface area contributed by atoms with Crippen LogP contribution in [0.1, 0.15) is 79.1 Å². The number of hydrogen-bond acceptors (Lipinski definition) is 7. The van der Waals surface area contributed by atoms with Crippen LogP contribution in [0.3, 0.4) is 0 Å². The van der Waals surface area contributed by atoms with E-state index in [4.69, 9.17) is 4.74 Å². The van der Waals surface area contributed by atoms with Crippen LogP contribution in [0.15, 0.2) is 5.16 Å². The zero-order chi connectivity index (χ0) is 21.9. The van der Waals surface area contributed by atoms with Crippen molar-refractivity contribution in [3.63, 3.8) is 0 Å². The van der Waals surface area contributed by atoms with Gasteiger partial charge in [0.2, 0.25) is 5.91 Å². The van der Waals surface area contributed by atoms with Gasteiger partial charge in [-0.1, -0.05) is 24.6 Å². The summed E-state index contributed by atoms with van der Waals surface area (Å²) in [7, 11) is 0. The van der Waals surface area contributed by atoms with Gasteiger partial charge >= 0.3 is 0 Å². The number of rotatable bonds is 7. The number of carbonyl (C=O) groups excluding carboxylic acids is 1. The van der Waals surface area contributed by atoms with E-state index in [1.807, 2.05) is 0 Å². The van der Waals surface area contributed by atoms with Gasteiger partial charge in [-0.15, -0.1) is 21.5 Å². The number of nitriles is 1. The first kappa shape index (κ1) is 21.9. The number of carbonyl (C=O) groups is 1. The van der Waals surface area contributed by atoms with Crippen LogP contribution >= 0.6 is 23.1 Å². The fraction of sp³-hybridized carbons (Fsp3) is 0.652. The second-order valence-corrected chi connectivity index (χ2v) is 11.0. The number of aromatic nitrogens is 3. The number of nitrogens with one attached hydrogen (secondary N) is 1. The van der Waals surface area contributed by atoms with Crippen molar-refractivity contribution in [2.75, 3.05) is 17.7 Å². The zero-order valence-electron chi connectivity index (χ0n) is 18.3. The summed E-state index contributed by atoms with van der Waals surface area (Å²) in [6, 6.07) is 2.35. The molecule has 170 valence electrons. The van der Waals surface area contributed by atoms with E-state index in [0.29, 0.717) is 16.5 Å². The summed E-state index contributed by atoms with van der Waals surface area (Å²) in [5.41, 5.74) is 1.83. The minimum absolute atomic E-state index is 0.0969. The number of thiophene rings is 1. The summed E-state index contributed by atoms with van der Waals surface area (Å²) in [5, 5.41) is 23.1. The van der Waals surface area contributed by atoms with Gasteiger partial charge in [0, 0.05) is 17.4 Å². The van der Waals surface area contributed by atoms with Crippen molar-refractivity contribution < 1.29 is 9.53 Å². The van der Waals surface area contributed by atoms with Gasteiger partial charge in [0.1, 0.15) is 16.9 Å². The molecule has 2 aromatic rings. The molecule has 1 saturated heterocycles. The highest BCUT2D eigenvalue weighted by Crippen LogP contribution is 2.40. The molecule has 3 heterocycles. The number of ether oxygens (including phenoxy) is 1. The van der Waals surface area contributed by atoms with Crippen molar-refractivity contribution in [2.45, 2.75) is 87.9 Å². The normalized spacial score (nSPS) is 20.9. The highest BCUT2D eigenvalue weighted by molar-refractivity contribution is 7.99. The lowest BCUT2D eigenvalue weighted by Gasteiger charge is -2.14. The number of fused-ring (bicyclic) bond motifs is 1. The molecule has 5 rings (SSSR count). The molecule has 2 aromatic heterocycles. The number of hydrogen-bond donors (Lipinski definition) is 1. The Balaban J connectivity index is 1.26. The fourth-order valence-electron chi connectivity index (χ4n) is 4.63. The maximum atomic E-state index is 12.8. The smallest absolute Gasteiger partial charge is 0.235 e. The molecule has 0 aromatic carbocycles. The minimum atomic E-state index is -0.0969. The molecule has 3 aliphatic rings. The van der Waals surface area contributed by atoms with Crippen LogP contribution in [-0.2, 0) is 28.9 Å². The van der Waals surface area contributed by atoms with Crippen molar-refractivity contribution in [1.29, 1.82) is 5.26 Å². The number of thioether (sulfide) groups is 1. The highest BCUT2D eigenvalue weighted by Gasteiger charge is 2.32. The van der Waals surface area contributed by atoms with Gasteiger partial charge in [-0.3, -0.25) is 4.79 Å². The fourth-order valence-corrected chi connectivity index (χ4v) is 6.64. The lowest BCUT2D eigenvalue weighted by atomic mass is 9.97. The lowest BCUT2D eigenvalue weighted by Crippen LogP contribution is -2.19. The lowest BCUT2D eigenvalue weighted by molar-refractivity contribution is -0.113. The van der Waals surface area contributed by atoms with E-state index in [-0.39, 0.29) is 17.8 Å². The van der Waals surface area contributed by atoms with E-state index < -0.39 is 0 Å². The summed E-state index contributed by atoms with van der Waals surface area (Å²) < 4.78 is 8.00. The van der Waals surface area contributed by atoms with Gasteiger partial charge in [-0.2, -0.15) is 5.26 Å². The van der Waals surface area contributed by atoms with E-state index in [2.05, 4.69) is 26.2 Å². The Hall–Kier alpha value is -1.89. The summed E-state index contributed by atoms with van der Waals surface area (Å²) in [6.45, 7) is 1.58. The maximum Gasteiger partial charge on any atom is 0.235 e. The summed E-state index contributed by atoms with van der Waals surface area (Å²) in [5.74, 6) is 1.69. The van der Waals surface area contributed by atoms with E-state index in [0.717, 1.165) is 81.1 Å². The molecule has 2 aliphatic carbocycles. The topological polar surface area (TPSA) is 92.8 Å². The van der Waals surface area contributed by atoms with Crippen molar-refractivity contribution in [1.82, 2.24) is 14.8 Å². The Labute approximate surface area is 196 Å². The molecule has 0 bridgehead atoms. The molecule has 1 unspecified atom stereocenters. The Bertz CT molecular complexity index is 1010. The number of nitrogens with zero attached hydrogens (tertiary/aromatic N) is 4. The number of aryl methyl sites for hydroxylation is 1. The van der Waals surface area contributed by atoms with Crippen LogP contribution in [0.25, 0.3) is 0 Å². The van der Waals surface area contributed by atoms with E-state index >= 15 is 0 Å². The second kappa shape index (κ2) is 9.94. The monoisotopic (exact) mass is 471 g/mol. The van der Waals surface area contributed by atoms with Crippen molar-refractivity contribution >= 4 is 34.0 Å². The first-order valence-electron chi connectivity index (χ1n) is 11.7. The largest absolute Gasteiger partial charge is 0.376 e. The van der Waals surface area contributed by atoms with Crippen LogP contribution in [0.5, 0.6) is 0 Å². The molecule has 9 heteroatoms. The SMILES string of the molecule is N#Cc1c(NC(=O)CSc2nnc(C3CC3)n2CC2CCCO2)sc2c1CCCCCC2. The van der Waals surface area contributed by atoms with Crippen molar-refractivity contribution in [3.8, 4) is 6.07 Å². The van der Waals surface area contributed by atoms with Gasteiger partial charge in [0.05, 0.1) is 24.0 Å². The maximum absolute atomic E-state index is 12.8. The quantitative estimate of drug-likeness (QED) is 0.591. The number of anilines is 1. The molecule has 1 amide bonds. The Morgan fingerprint density at radius 1 is 1.19 bits per heavy atom. The Morgan fingerprint density at radius 2 is 2.03 bits per heavy atom. The van der Waals surface area contributed by atoms with E-state index in [1.54, 1.807) is 11.3 Å². The third-order valence-electron chi connectivity index (χ3n) is 6.47. The first-order chi connectivity index (χ1) is 15.7. The average Bonchev–Trinajstić information content (AvgIpc) is 3.19. The molecule has 1 saturated carbocycles. The van der Waals surface area contributed by atoms with Crippen LogP contribution in [-0.4, -0.2) is 39.1 Å². The first-order valence-corrected chi connectivity index (χ1v) is 13.5. The van der Waals surface area contributed by atoms with E-state index in [9.17, 15) is 10.1 Å². The summed E-state index contributed by atoms with van der Waals surface area (Å²) >= 11 is 3.01. The Morgan fingerprint density at radius 3 is 2.78 bits per heavy atom. The van der Waals surface area contributed by atoms with Gasteiger partial charge in [0.25, 0.3) is 0 Å². The summed E-state index contributed by atoms with van der Waals surface area (Å²) in [6.07, 6.45) is 11.4. The van der Waals surface area contributed by atoms with Crippen molar-refractivity contribution in [2.24, 2.45) is 0 Å².